The normalized spacial score (nSPS) is 14.8. The molecule has 1 aliphatic rings. The third-order valence-corrected chi connectivity index (χ3v) is 6.64. The smallest absolute Gasteiger partial charge is 0.129 e. The molecule has 3 nitrogen and oxygen atoms in total. The molecule has 0 amide bonds. The highest BCUT2D eigenvalue weighted by Gasteiger charge is 2.19. The van der Waals surface area contributed by atoms with Gasteiger partial charge in [0.2, 0.25) is 0 Å². The molecule has 0 atom stereocenters. The van der Waals surface area contributed by atoms with Gasteiger partial charge in [-0.1, -0.05) is 60.1 Å². The van der Waals surface area contributed by atoms with Crippen LogP contribution in [0.15, 0.2) is 72.8 Å². The summed E-state index contributed by atoms with van der Waals surface area (Å²) < 4.78 is 0. The van der Waals surface area contributed by atoms with Crippen molar-refractivity contribution in [1.29, 1.82) is 0 Å². The lowest BCUT2D eigenvalue weighted by molar-refractivity contribution is 0.249. The Balaban J connectivity index is 1.22. The van der Waals surface area contributed by atoms with Crippen molar-refractivity contribution in [1.82, 2.24) is 9.88 Å². The summed E-state index contributed by atoms with van der Waals surface area (Å²) in [5, 5.41) is 2.02. The summed E-state index contributed by atoms with van der Waals surface area (Å²) in [5.74, 6) is 1.10. The maximum atomic E-state index is 6.01. The molecule has 0 bridgehead atoms. The van der Waals surface area contributed by atoms with E-state index in [1.807, 2.05) is 12.1 Å². The van der Waals surface area contributed by atoms with E-state index in [9.17, 15) is 0 Å². The molecule has 1 aliphatic heterocycles. The van der Waals surface area contributed by atoms with Crippen LogP contribution in [0.5, 0.6) is 0 Å². The highest BCUT2D eigenvalue weighted by atomic mass is 35.5. The number of hydrogen-bond acceptors (Lipinski definition) is 3. The summed E-state index contributed by atoms with van der Waals surface area (Å²) in [4.78, 5) is 9.93. The van der Waals surface area contributed by atoms with Gasteiger partial charge in [0.25, 0.3) is 0 Å². The molecular weight excluding hydrogens is 414 g/mol. The summed E-state index contributed by atoms with van der Waals surface area (Å²) in [6, 6.07) is 25.7. The Morgan fingerprint density at radius 1 is 0.781 bits per heavy atom. The topological polar surface area (TPSA) is 19.4 Å². The largest absolute Gasteiger partial charge is 0.354 e. The maximum Gasteiger partial charge on any atom is 0.129 e. The van der Waals surface area contributed by atoms with Gasteiger partial charge in [0.05, 0.1) is 5.52 Å². The first kappa shape index (κ1) is 21.0. The second-order valence-corrected chi connectivity index (χ2v) is 9.22. The van der Waals surface area contributed by atoms with Crippen molar-refractivity contribution in [2.45, 2.75) is 20.4 Å². The average Bonchev–Trinajstić information content (AvgIpc) is 2.80. The number of aromatic nitrogens is 1. The van der Waals surface area contributed by atoms with E-state index in [4.69, 9.17) is 16.6 Å². The van der Waals surface area contributed by atoms with Crippen molar-refractivity contribution in [3.05, 3.63) is 94.5 Å². The number of pyridine rings is 1. The van der Waals surface area contributed by atoms with E-state index in [1.54, 1.807) is 0 Å². The van der Waals surface area contributed by atoms with Crippen LogP contribution in [0.4, 0.5) is 5.82 Å². The first-order chi connectivity index (χ1) is 15.5. The first-order valence-electron chi connectivity index (χ1n) is 11.3. The van der Waals surface area contributed by atoms with Crippen LogP contribution in [0.25, 0.3) is 22.0 Å². The molecule has 5 rings (SSSR count). The second-order valence-electron chi connectivity index (χ2n) is 8.78. The zero-order valence-electron chi connectivity index (χ0n) is 18.7. The zero-order valence-corrected chi connectivity index (χ0v) is 19.4. The molecule has 1 aromatic heterocycles. The molecule has 162 valence electrons. The summed E-state index contributed by atoms with van der Waals surface area (Å²) in [6.07, 6.45) is 0. The van der Waals surface area contributed by atoms with Crippen molar-refractivity contribution in [2.75, 3.05) is 31.1 Å². The van der Waals surface area contributed by atoms with Crippen LogP contribution >= 0.6 is 11.6 Å². The van der Waals surface area contributed by atoms with Crippen LogP contribution in [0.3, 0.4) is 0 Å². The Morgan fingerprint density at radius 3 is 2.12 bits per heavy atom. The maximum absolute atomic E-state index is 6.01. The second kappa shape index (κ2) is 8.93. The van der Waals surface area contributed by atoms with Gasteiger partial charge in [0.15, 0.2) is 0 Å². The fraction of sp³-hybridized carbons (Fsp3) is 0.250. The molecular formula is C28H28ClN3. The molecule has 0 aliphatic carbocycles. The number of fused-ring (bicyclic) bond motifs is 1. The van der Waals surface area contributed by atoms with Gasteiger partial charge in [-0.2, -0.15) is 0 Å². The minimum Gasteiger partial charge on any atom is -0.354 e. The van der Waals surface area contributed by atoms with Crippen LogP contribution in [-0.4, -0.2) is 36.1 Å². The molecule has 0 unspecified atom stereocenters. The third kappa shape index (κ3) is 4.50. The number of rotatable bonds is 4. The molecule has 32 heavy (non-hydrogen) atoms. The predicted molar refractivity (Wildman–Crippen MR) is 136 cm³/mol. The lowest BCUT2D eigenvalue weighted by Gasteiger charge is -2.35. The fourth-order valence-corrected chi connectivity index (χ4v) is 4.62. The predicted octanol–water partition coefficient (Wildman–Crippen LogP) is 6.49. The lowest BCUT2D eigenvalue weighted by Crippen LogP contribution is -2.46. The van der Waals surface area contributed by atoms with E-state index >= 15 is 0 Å². The summed E-state index contributed by atoms with van der Waals surface area (Å²) in [6.45, 7) is 9.41. The van der Waals surface area contributed by atoms with Crippen LogP contribution in [0.1, 0.15) is 16.7 Å². The highest BCUT2D eigenvalue weighted by Crippen LogP contribution is 2.25. The Bertz CT molecular complexity index is 1220. The molecule has 1 fully saturated rings. The van der Waals surface area contributed by atoms with Crippen molar-refractivity contribution in [2.24, 2.45) is 0 Å². The molecule has 0 saturated carbocycles. The Kier molecular flexibility index (Phi) is 5.86. The summed E-state index contributed by atoms with van der Waals surface area (Å²) in [7, 11) is 0. The van der Waals surface area contributed by atoms with Crippen LogP contribution in [0.2, 0.25) is 5.02 Å². The number of anilines is 1. The highest BCUT2D eigenvalue weighted by molar-refractivity contribution is 6.30. The molecule has 0 radical (unpaired) electrons. The van der Waals surface area contributed by atoms with Gasteiger partial charge in [-0.25, -0.2) is 4.98 Å². The first-order valence-corrected chi connectivity index (χ1v) is 11.6. The zero-order chi connectivity index (χ0) is 22.1. The minimum atomic E-state index is 0.772. The lowest BCUT2D eigenvalue weighted by atomic mass is 10.0. The van der Waals surface area contributed by atoms with Gasteiger partial charge in [-0.15, -0.1) is 0 Å². The van der Waals surface area contributed by atoms with Crippen LogP contribution in [-0.2, 0) is 6.54 Å². The van der Waals surface area contributed by atoms with Crippen molar-refractivity contribution < 1.29 is 0 Å². The Labute approximate surface area is 195 Å². The van der Waals surface area contributed by atoms with Crippen molar-refractivity contribution in [3.8, 4) is 11.1 Å². The number of benzene rings is 3. The Hall–Kier alpha value is -2.88. The van der Waals surface area contributed by atoms with E-state index in [-0.39, 0.29) is 0 Å². The standard InChI is InChI=1S/C28H28ClN3/c1-20-3-12-26-21(2)18-28(30-27(26)17-20)32-15-13-31(14-16-32)19-22-4-6-23(7-5-22)24-8-10-25(29)11-9-24/h3-12,17-18H,13-16,19H2,1-2H3. The van der Waals surface area contributed by atoms with Gasteiger partial charge in [0.1, 0.15) is 5.82 Å². The van der Waals surface area contributed by atoms with Crippen LogP contribution in [0, 0.1) is 13.8 Å². The number of hydrogen-bond donors (Lipinski definition) is 0. The molecule has 1 saturated heterocycles. The number of nitrogens with zero attached hydrogens (tertiary/aromatic N) is 3. The Morgan fingerprint density at radius 2 is 1.44 bits per heavy atom. The fourth-order valence-electron chi connectivity index (χ4n) is 4.49. The van der Waals surface area contributed by atoms with Gasteiger partial charge in [0, 0.05) is 43.1 Å². The molecule has 4 aromatic rings. The quantitative estimate of drug-likeness (QED) is 0.360. The number of halogens is 1. The third-order valence-electron chi connectivity index (χ3n) is 6.39. The minimum absolute atomic E-state index is 0.772. The van der Waals surface area contributed by atoms with Crippen LogP contribution < -0.4 is 4.90 Å². The van der Waals surface area contributed by atoms with Gasteiger partial charge in [-0.3, -0.25) is 4.90 Å². The molecule has 0 N–H and O–H groups in total. The molecule has 0 spiro atoms. The van der Waals surface area contributed by atoms with E-state index < -0.39 is 0 Å². The van der Waals surface area contributed by atoms with E-state index in [1.165, 1.54) is 33.2 Å². The number of aryl methyl sites for hydroxylation is 2. The molecule has 4 heteroatoms. The van der Waals surface area contributed by atoms with E-state index in [0.717, 1.165) is 49.1 Å². The van der Waals surface area contributed by atoms with Crippen molar-refractivity contribution in [3.63, 3.8) is 0 Å². The summed E-state index contributed by atoms with van der Waals surface area (Å²) >= 11 is 6.01. The van der Waals surface area contributed by atoms with Gasteiger partial charge >= 0.3 is 0 Å². The number of piperazine rings is 1. The van der Waals surface area contributed by atoms with Gasteiger partial charge < -0.3 is 4.90 Å². The van der Waals surface area contributed by atoms with Crippen molar-refractivity contribution >= 4 is 28.3 Å². The molecule has 2 heterocycles. The average molecular weight is 442 g/mol. The monoisotopic (exact) mass is 441 g/mol. The van der Waals surface area contributed by atoms with E-state index in [0.29, 0.717) is 0 Å². The SMILES string of the molecule is Cc1ccc2c(C)cc(N3CCN(Cc4ccc(-c5ccc(Cl)cc5)cc4)CC3)nc2c1. The van der Waals surface area contributed by atoms with E-state index in [2.05, 4.69) is 84.3 Å². The van der Waals surface area contributed by atoms with Gasteiger partial charge in [-0.05, 0) is 65.9 Å². The summed E-state index contributed by atoms with van der Waals surface area (Å²) in [5.41, 5.74) is 7.43. The molecule has 3 aromatic carbocycles.